The molecule has 0 radical (unpaired) electrons. The normalized spacial score (nSPS) is 17.7. The number of likely N-dealkylation sites (tertiary alicyclic amines) is 1. The standard InChI is InChI=1S/C20H28N4O/c1-16-13-17(2)24(22-16)12-6-9-20(25)23-11-5-7-18(15-23)14-19-8-3-4-10-21-19/h3-4,8,10,13,18H,5-7,9,11-12,14-15H2,1-2H3. The summed E-state index contributed by atoms with van der Waals surface area (Å²) in [5.41, 5.74) is 3.34. The van der Waals surface area contributed by atoms with Crippen LogP contribution in [0.1, 0.15) is 42.8 Å². The second kappa shape index (κ2) is 8.28. The molecule has 1 fully saturated rings. The molecule has 1 saturated heterocycles. The van der Waals surface area contributed by atoms with Crippen molar-refractivity contribution in [3.8, 4) is 0 Å². The third kappa shape index (κ3) is 4.91. The lowest BCUT2D eigenvalue weighted by atomic mass is 9.93. The maximum absolute atomic E-state index is 12.6. The van der Waals surface area contributed by atoms with Crippen LogP contribution in [0.25, 0.3) is 0 Å². The quantitative estimate of drug-likeness (QED) is 0.812. The molecule has 1 aliphatic rings. The van der Waals surface area contributed by atoms with Gasteiger partial charge in [0.25, 0.3) is 0 Å². The number of pyridine rings is 1. The molecule has 0 spiro atoms. The van der Waals surface area contributed by atoms with Gasteiger partial charge in [0.15, 0.2) is 0 Å². The van der Waals surface area contributed by atoms with Crippen LogP contribution in [0.3, 0.4) is 0 Å². The molecule has 0 N–H and O–H groups in total. The molecule has 0 aromatic carbocycles. The van der Waals surface area contributed by atoms with Crippen molar-refractivity contribution >= 4 is 5.91 Å². The molecule has 1 unspecified atom stereocenters. The topological polar surface area (TPSA) is 51.0 Å². The molecule has 3 rings (SSSR count). The molecule has 134 valence electrons. The first-order chi connectivity index (χ1) is 12.1. The van der Waals surface area contributed by atoms with Crippen molar-refractivity contribution in [2.24, 2.45) is 5.92 Å². The fourth-order valence-corrected chi connectivity index (χ4v) is 3.71. The number of amides is 1. The average Bonchev–Trinajstić information content (AvgIpc) is 2.93. The molecule has 1 aliphatic heterocycles. The molecule has 1 amide bonds. The van der Waals surface area contributed by atoms with Gasteiger partial charge in [0.05, 0.1) is 5.69 Å². The summed E-state index contributed by atoms with van der Waals surface area (Å²) < 4.78 is 2.00. The Labute approximate surface area is 150 Å². The summed E-state index contributed by atoms with van der Waals surface area (Å²) in [6.07, 6.45) is 6.56. The molecule has 2 aromatic rings. The highest BCUT2D eigenvalue weighted by molar-refractivity contribution is 5.76. The summed E-state index contributed by atoms with van der Waals surface area (Å²) in [4.78, 5) is 19.0. The van der Waals surface area contributed by atoms with Gasteiger partial charge < -0.3 is 4.90 Å². The highest BCUT2D eigenvalue weighted by Crippen LogP contribution is 2.21. The number of rotatable bonds is 6. The maximum atomic E-state index is 12.6. The first kappa shape index (κ1) is 17.6. The van der Waals surface area contributed by atoms with E-state index in [1.807, 2.05) is 29.9 Å². The molecule has 1 atom stereocenters. The van der Waals surface area contributed by atoms with Crippen LogP contribution in [-0.2, 0) is 17.8 Å². The van der Waals surface area contributed by atoms with E-state index in [0.29, 0.717) is 12.3 Å². The monoisotopic (exact) mass is 340 g/mol. The third-order valence-electron chi connectivity index (χ3n) is 4.96. The first-order valence-electron chi connectivity index (χ1n) is 9.30. The second-order valence-electron chi connectivity index (χ2n) is 7.13. The predicted octanol–water partition coefficient (Wildman–Crippen LogP) is 3.16. The Hall–Kier alpha value is -2.17. The van der Waals surface area contributed by atoms with Crippen molar-refractivity contribution in [3.05, 3.63) is 47.5 Å². The van der Waals surface area contributed by atoms with Gasteiger partial charge in [0.1, 0.15) is 0 Å². The molecule has 0 bridgehead atoms. The number of nitrogens with zero attached hydrogens (tertiary/aromatic N) is 4. The van der Waals surface area contributed by atoms with Crippen LogP contribution in [0.4, 0.5) is 0 Å². The molecule has 5 nitrogen and oxygen atoms in total. The van der Waals surface area contributed by atoms with Crippen LogP contribution < -0.4 is 0 Å². The van der Waals surface area contributed by atoms with Crippen molar-refractivity contribution in [1.29, 1.82) is 0 Å². The maximum Gasteiger partial charge on any atom is 0.222 e. The van der Waals surface area contributed by atoms with E-state index in [1.165, 1.54) is 12.1 Å². The lowest BCUT2D eigenvalue weighted by Gasteiger charge is -2.33. The number of carbonyl (C=O) groups excluding carboxylic acids is 1. The molecule has 3 heterocycles. The molecule has 2 aromatic heterocycles. The molecule has 25 heavy (non-hydrogen) atoms. The van der Waals surface area contributed by atoms with Gasteiger partial charge in [-0.3, -0.25) is 14.5 Å². The van der Waals surface area contributed by atoms with Crippen LogP contribution in [0.5, 0.6) is 0 Å². The minimum absolute atomic E-state index is 0.284. The van der Waals surface area contributed by atoms with Crippen molar-refractivity contribution in [2.45, 2.75) is 52.5 Å². The lowest BCUT2D eigenvalue weighted by molar-refractivity contribution is -0.133. The van der Waals surface area contributed by atoms with E-state index in [2.05, 4.69) is 34.0 Å². The summed E-state index contributed by atoms with van der Waals surface area (Å²) in [6, 6.07) is 8.14. The average molecular weight is 340 g/mol. The van der Waals surface area contributed by atoms with E-state index in [1.54, 1.807) is 0 Å². The minimum Gasteiger partial charge on any atom is -0.342 e. The number of aryl methyl sites for hydroxylation is 3. The summed E-state index contributed by atoms with van der Waals surface area (Å²) in [5.74, 6) is 0.816. The minimum atomic E-state index is 0.284. The Morgan fingerprint density at radius 2 is 2.20 bits per heavy atom. The van der Waals surface area contributed by atoms with E-state index in [-0.39, 0.29) is 5.91 Å². The summed E-state index contributed by atoms with van der Waals surface area (Å²) in [6.45, 7) is 6.65. The third-order valence-corrected chi connectivity index (χ3v) is 4.96. The van der Waals surface area contributed by atoms with Gasteiger partial charge in [-0.2, -0.15) is 5.10 Å². The highest BCUT2D eigenvalue weighted by atomic mass is 16.2. The van der Waals surface area contributed by atoms with Crippen LogP contribution >= 0.6 is 0 Å². The van der Waals surface area contributed by atoms with Crippen LogP contribution in [0, 0.1) is 19.8 Å². The number of piperidine rings is 1. The Morgan fingerprint density at radius 1 is 1.32 bits per heavy atom. The molecule has 0 aliphatic carbocycles. The van der Waals surface area contributed by atoms with Crippen molar-refractivity contribution in [3.63, 3.8) is 0 Å². The van der Waals surface area contributed by atoms with Gasteiger partial charge in [-0.25, -0.2) is 0 Å². The fraction of sp³-hybridized carbons (Fsp3) is 0.550. The van der Waals surface area contributed by atoms with Gasteiger partial charge >= 0.3 is 0 Å². The molecular weight excluding hydrogens is 312 g/mol. The number of carbonyl (C=O) groups is 1. The van der Waals surface area contributed by atoms with Gasteiger partial charge in [-0.15, -0.1) is 0 Å². The van der Waals surface area contributed by atoms with Gasteiger partial charge in [-0.05, 0) is 63.6 Å². The number of aromatic nitrogens is 3. The van der Waals surface area contributed by atoms with E-state index in [4.69, 9.17) is 0 Å². The van der Waals surface area contributed by atoms with Crippen LogP contribution in [0.2, 0.25) is 0 Å². The van der Waals surface area contributed by atoms with Gasteiger partial charge in [0.2, 0.25) is 5.91 Å². The highest BCUT2D eigenvalue weighted by Gasteiger charge is 2.23. The van der Waals surface area contributed by atoms with Crippen LogP contribution in [-0.4, -0.2) is 38.7 Å². The second-order valence-corrected chi connectivity index (χ2v) is 7.13. The van der Waals surface area contributed by atoms with Crippen molar-refractivity contribution in [1.82, 2.24) is 19.7 Å². The Morgan fingerprint density at radius 3 is 2.92 bits per heavy atom. The van der Waals surface area contributed by atoms with Gasteiger partial charge in [-0.1, -0.05) is 6.07 Å². The summed E-state index contributed by atoms with van der Waals surface area (Å²) in [5, 5.41) is 4.46. The van der Waals surface area contributed by atoms with E-state index in [0.717, 1.165) is 50.3 Å². The zero-order valence-corrected chi connectivity index (χ0v) is 15.3. The van der Waals surface area contributed by atoms with Crippen molar-refractivity contribution in [2.75, 3.05) is 13.1 Å². The zero-order valence-electron chi connectivity index (χ0n) is 15.3. The predicted molar refractivity (Wildman–Crippen MR) is 98.2 cm³/mol. The lowest BCUT2D eigenvalue weighted by Crippen LogP contribution is -2.40. The largest absolute Gasteiger partial charge is 0.342 e. The van der Waals surface area contributed by atoms with Gasteiger partial charge in [0, 0.05) is 43.6 Å². The number of hydrogen-bond acceptors (Lipinski definition) is 3. The zero-order chi connectivity index (χ0) is 17.6. The first-order valence-corrected chi connectivity index (χ1v) is 9.30. The van der Waals surface area contributed by atoms with Crippen molar-refractivity contribution < 1.29 is 4.79 Å². The molecule has 0 saturated carbocycles. The number of hydrogen-bond donors (Lipinski definition) is 0. The van der Waals surface area contributed by atoms with Crippen LogP contribution in [0.15, 0.2) is 30.5 Å². The Balaban J connectivity index is 1.46. The smallest absolute Gasteiger partial charge is 0.222 e. The van der Waals surface area contributed by atoms with E-state index < -0.39 is 0 Å². The molecular formula is C20H28N4O. The molecule has 5 heteroatoms. The Kier molecular flexibility index (Phi) is 5.84. The SMILES string of the molecule is Cc1cc(C)n(CCCC(=O)N2CCCC(Cc3ccccn3)C2)n1. The Bertz CT molecular complexity index is 695. The van der Waals surface area contributed by atoms with E-state index in [9.17, 15) is 4.79 Å². The van der Waals surface area contributed by atoms with E-state index >= 15 is 0 Å². The summed E-state index contributed by atoms with van der Waals surface area (Å²) in [7, 11) is 0. The fourth-order valence-electron chi connectivity index (χ4n) is 3.71. The summed E-state index contributed by atoms with van der Waals surface area (Å²) >= 11 is 0.